The van der Waals surface area contributed by atoms with Gasteiger partial charge in [0.2, 0.25) is 11.8 Å². The number of rotatable bonds is 9. The van der Waals surface area contributed by atoms with E-state index >= 15 is 0 Å². The predicted octanol–water partition coefficient (Wildman–Crippen LogP) is 2.95. The van der Waals surface area contributed by atoms with Crippen LogP contribution < -0.4 is 10.6 Å². The minimum atomic E-state index is -0.470. The van der Waals surface area contributed by atoms with Gasteiger partial charge in [0.15, 0.2) is 5.17 Å². The molecule has 1 atom stereocenters. The molecule has 1 aliphatic heterocycles. The Bertz CT molecular complexity index is 744. The number of methoxy groups -OCH3 is 1. The molecule has 0 spiro atoms. The highest BCUT2D eigenvalue weighted by Crippen LogP contribution is 2.24. The fourth-order valence-corrected chi connectivity index (χ4v) is 3.82. The molecule has 1 saturated heterocycles. The van der Waals surface area contributed by atoms with E-state index in [-0.39, 0.29) is 24.2 Å². The Morgan fingerprint density at radius 2 is 1.93 bits per heavy atom. The van der Waals surface area contributed by atoms with Gasteiger partial charge in [-0.15, -0.1) is 0 Å². The Morgan fingerprint density at radius 3 is 2.61 bits per heavy atom. The molecule has 28 heavy (non-hydrogen) atoms. The molecule has 1 fully saturated rings. The van der Waals surface area contributed by atoms with Gasteiger partial charge in [-0.1, -0.05) is 36.4 Å². The highest BCUT2D eigenvalue weighted by Gasteiger charge is 2.32. The summed E-state index contributed by atoms with van der Waals surface area (Å²) >= 11 is 1.29. The standard InChI is InChI=1S/C20H27N3O4S/c1-13-8-7-9-14(2)18(13)22-16(24)12-15-19(26)23-20(28-15)21-11-6-4-5-10-17(25)27-3/h7-9,15H,4-6,10-12H2,1-3H3,(H,22,24)(H,21,23,26)/t15-/m1/s1. The molecule has 0 saturated carbocycles. The summed E-state index contributed by atoms with van der Waals surface area (Å²) in [4.78, 5) is 39.9. The van der Waals surface area contributed by atoms with Gasteiger partial charge < -0.3 is 15.4 Å². The van der Waals surface area contributed by atoms with Gasteiger partial charge in [0.05, 0.1) is 7.11 Å². The quantitative estimate of drug-likeness (QED) is 0.486. The summed E-state index contributed by atoms with van der Waals surface area (Å²) in [5.74, 6) is -0.577. The fraction of sp³-hybridized carbons (Fsp3) is 0.500. The van der Waals surface area contributed by atoms with Crippen LogP contribution in [0, 0.1) is 13.8 Å². The minimum Gasteiger partial charge on any atom is -0.469 e. The van der Waals surface area contributed by atoms with Crippen LogP contribution in [0.1, 0.15) is 43.2 Å². The van der Waals surface area contributed by atoms with Crippen LogP contribution in [0.2, 0.25) is 0 Å². The summed E-state index contributed by atoms with van der Waals surface area (Å²) in [6, 6.07) is 5.82. The van der Waals surface area contributed by atoms with Crippen molar-refractivity contribution in [3.63, 3.8) is 0 Å². The first-order valence-corrected chi connectivity index (χ1v) is 10.2. The molecule has 2 amide bonds. The first kappa shape index (κ1) is 21.9. The van der Waals surface area contributed by atoms with Gasteiger partial charge in [0, 0.05) is 25.1 Å². The number of aliphatic imine (C=N–C) groups is 1. The summed E-state index contributed by atoms with van der Waals surface area (Å²) in [5.41, 5.74) is 2.79. The number of esters is 1. The number of hydrogen-bond donors (Lipinski definition) is 2. The van der Waals surface area contributed by atoms with Gasteiger partial charge in [-0.25, -0.2) is 0 Å². The van der Waals surface area contributed by atoms with E-state index in [9.17, 15) is 14.4 Å². The maximum absolute atomic E-state index is 12.4. The monoisotopic (exact) mass is 405 g/mol. The van der Waals surface area contributed by atoms with E-state index in [1.165, 1.54) is 18.9 Å². The fourth-order valence-electron chi connectivity index (χ4n) is 2.83. The molecule has 8 heteroatoms. The van der Waals surface area contributed by atoms with Crippen molar-refractivity contribution in [3.05, 3.63) is 29.3 Å². The number of para-hydroxylation sites is 1. The largest absolute Gasteiger partial charge is 0.469 e. The summed E-state index contributed by atoms with van der Waals surface area (Å²) in [5, 5.41) is 5.73. The van der Waals surface area contributed by atoms with Crippen LogP contribution >= 0.6 is 11.8 Å². The van der Waals surface area contributed by atoms with E-state index in [0.717, 1.165) is 36.1 Å². The SMILES string of the molecule is COC(=O)CCCCCN=C1NC(=O)[C@@H](CC(=O)Nc2c(C)cccc2C)S1. The van der Waals surface area contributed by atoms with Crippen molar-refractivity contribution in [2.75, 3.05) is 19.0 Å². The second-order valence-corrected chi connectivity index (χ2v) is 7.88. The predicted molar refractivity (Wildman–Crippen MR) is 111 cm³/mol. The second-order valence-electron chi connectivity index (χ2n) is 6.69. The van der Waals surface area contributed by atoms with Gasteiger partial charge >= 0.3 is 5.97 Å². The molecule has 2 rings (SSSR count). The lowest BCUT2D eigenvalue weighted by Crippen LogP contribution is -2.28. The van der Waals surface area contributed by atoms with Crippen molar-refractivity contribution in [3.8, 4) is 0 Å². The Labute approximate surface area is 169 Å². The van der Waals surface area contributed by atoms with Crippen molar-refractivity contribution >= 4 is 40.4 Å². The van der Waals surface area contributed by atoms with Crippen LogP contribution in [0.25, 0.3) is 0 Å². The third-order valence-electron chi connectivity index (χ3n) is 4.41. The van der Waals surface area contributed by atoms with E-state index in [2.05, 4.69) is 20.4 Å². The van der Waals surface area contributed by atoms with Crippen molar-refractivity contribution in [1.29, 1.82) is 0 Å². The number of nitrogens with zero attached hydrogens (tertiary/aromatic N) is 1. The molecule has 0 radical (unpaired) electrons. The molecule has 7 nitrogen and oxygen atoms in total. The molecule has 0 aromatic heterocycles. The smallest absolute Gasteiger partial charge is 0.305 e. The van der Waals surface area contributed by atoms with Crippen LogP contribution in [0.5, 0.6) is 0 Å². The lowest BCUT2D eigenvalue weighted by Gasteiger charge is -2.12. The van der Waals surface area contributed by atoms with Crippen LogP contribution in [-0.4, -0.2) is 41.9 Å². The third-order valence-corrected chi connectivity index (χ3v) is 5.53. The number of unbranched alkanes of at least 4 members (excludes halogenated alkanes) is 2. The zero-order chi connectivity index (χ0) is 20.5. The number of nitrogens with one attached hydrogen (secondary N) is 2. The van der Waals surface area contributed by atoms with Crippen LogP contribution in [0.4, 0.5) is 5.69 Å². The van der Waals surface area contributed by atoms with Gasteiger partial charge in [-0.2, -0.15) is 0 Å². The summed E-state index contributed by atoms with van der Waals surface area (Å²) < 4.78 is 4.59. The van der Waals surface area contributed by atoms with E-state index < -0.39 is 5.25 Å². The second kappa shape index (κ2) is 10.8. The molecule has 2 N–H and O–H groups in total. The maximum Gasteiger partial charge on any atom is 0.305 e. The Kier molecular flexibility index (Phi) is 8.50. The topological polar surface area (TPSA) is 96.9 Å². The number of amidine groups is 1. The summed E-state index contributed by atoms with van der Waals surface area (Å²) in [7, 11) is 1.38. The van der Waals surface area contributed by atoms with Gasteiger partial charge in [0.25, 0.3) is 0 Å². The van der Waals surface area contributed by atoms with Gasteiger partial charge in [0.1, 0.15) is 5.25 Å². The van der Waals surface area contributed by atoms with Gasteiger partial charge in [-0.3, -0.25) is 19.4 Å². The highest BCUT2D eigenvalue weighted by atomic mass is 32.2. The molecule has 0 unspecified atom stereocenters. The average Bonchev–Trinajstić information content (AvgIpc) is 3.00. The number of ether oxygens (including phenoxy) is 1. The zero-order valence-electron chi connectivity index (χ0n) is 16.5. The Morgan fingerprint density at radius 1 is 1.21 bits per heavy atom. The van der Waals surface area contributed by atoms with Crippen molar-refractivity contribution in [2.24, 2.45) is 4.99 Å². The number of benzene rings is 1. The number of carbonyl (C=O) groups excluding carboxylic acids is 3. The molecule has 1 heterocycles. The molecule has 0 bridgehead atoms. The number of amides is 2. The minimum absolute atomic E-state index is 0.0996. The number of carbonyl (C=O) groups is 3. The number of anilines is 1. The van der Waals surface area contributed by atoms with Crippen molar-refractivity contribution in [2.45, 2.75) is 51.2 Å². The molecule has 1 aromatic carbocycles. The average molecular weight is 406 g/mol. The summed E-state index contributed by atoms with van der Waals surface area (Å²) in [6.45, 7) is 4.45. The highest BCUT2D eigenvalue weighted by molar-refractivity contribution is 8.15. The Hall–Kier alpha value is -2.35. The molecule has 1 aliphatic rings. The number of thioether (sulfide) groups is 1. The lowest BCUT2D eigenvalue weighted by molar-refractivity contribution is -0.140. The number of aryl methyl sites for hydroxylation is 2. The number of hydrogen-bond acceptors (Lipinski definition) is 6. The third kappa shape index (κ3) is 6.67. The Balaban J connectivity index is 1.76. The first-order valence-electron chi connectivity index (χ1n) is 9.35. The summed E-state index contributed by atoms with van der Waals surface area (Å²) in [6.07, 6.45) is 2.97. The van der Waals surface area contributed by atoms with Crippen LogP contribution in [0.15, 0.2) is 23.2 Å². The molecular formula is C20H27N3O4S. The van der Waals surface area contributed by atoms with E-state index in [1.807, 2.05) is 32.0 Å². The maximum atomic E-state index is 12.4. The van der Waals surface area contributed by atoms with E-state index in [1.54, 1.807) is 0 Å². The molecular weight excluding hydrogens is 378 g/mol. The van der Waals surface area contributed by atoms with Crippen molar-refractivity contribution in [1.82, 2.24) is 5.32 Å². The van der Waals surface area contributed by atoms with E-state index in [0.29, 0.717) is 18.1 Å². The van der Waals surface area contributed by atoms with Crippen LogP contribution in [0.3, 0.4) is 0 Å². The van der Waals surface area contributed by atoms with Gasteiger partial charge in [-0.05, 0) is 37.8 Å². The van der Waals surface area contributed by atoms with E-state index in [4.69, 9.17) is 0 Å². The van der Waals surface area contributed by atoms with Crippen molar-refractivity contribution < 1.29 is 19.1 Å². The molecule has 1 aromatic rings. The lowest BCUT2D eigenvalue weighted by atomic mass is 10.1. The van der Waals surface area contributed by atoms with Crippen LogP contribution in [-0.2, 0) is 19.1 Å². The first-order chi connectivity index (χ1) is 13.4. The zero-order valence-corrected chi connectivity index (χ0v) is 17.4. The normalized spacial score (nSPS) is 17.5. The molecule has 0 aliphatic carbocycles. The molecule has 152 valence electrons.